The van der Waals surface area contributed by atoms with Crippen molar-refractivity contribution in [1.82, 2.24) is 4.98 Å². The lowest BCUT2D eigenvalue weighted by molar-refractivity contribution is -0.192. The van der Waals surface area contributed by atoms with Gasteiger partial charge in [-0.05, 0) is 53.7 Å². The van der Waals surface area contributed by atoms with Gasteiger partial charge in [-0.1, -0.05) is 46.9 Å². The summed E-state index contributed by atoms with van der Waals surface area (Å²) in [6.07, 6.45) is -1.66. The molecule has 0 unspecified atom stereocenters. The van der Waals surface area contributed by atoms with E-state index in [1.54, 1.807) is 36.5 Å². The van der Waals surface area contributed by atoms with Crippen molar-refractivity contribution in [2.75, 3.05) is 5.32 Å². The van der Waals surface area contributed by atoms with Gasteiger partial charge in [0.25, 0.3) is 5.91 Å². The number of alkyl halides is 3. The number of carboxylic acid groups (broad SMARTS) is 1. The fourth-order valence-corrected chi connectivity index (χ4v) is 4.06. The number of benzene rings is 2. The van der Waals surface area contributed by atoms with Gasteiger partial charge in [-0.15, -0.1) is 0 Å². The maximum Gasteiger partial charge on any atom is 0.490 e. The van der Waals surface area contributed by atoms with Crippen molar-refractivity contribution in [3.63, 3.8) is 0 Å². The first-order chi connectivity index (χ1) is 16.0. The molecule has 34 heavy (non-hydrogen) atoms. The highest BCUT2D eigenvalue weighted by Crippen LogP contribution is 2.35. The van der Waals surface area contributed by atoms with Crippen molar-refractivity contribution >= 4 is 86.3 Å². The summed E-state index contributed by atoms with van der Waals surface area (Å²) in [6.45, 7) is 0. The first-order valence-corrected chi connectivity index (χ1v) is 11.0. The number of nitrogens with one attached hydrogen (secondary N) is 1. The summed E-state index contributed by atoms with van der Waals surface area (Å²) in [5.74, 6) is -3.11. The molecule has 1 aromatic heterocycles. The third-order valence-corrected chi connectivity index (χ3v) is 5.92. The number of halogens is 6. The van der Waals surface area contributed by atoms with Crippen molar-refractivity contribution in [1.29, 1.82) is 0 Å². The number of rotatable bonds is 2. The van der Waals surface area contributed by atoms with E-state index in [9.17, 15) is 18.0 Å². The van der Waals surface area contributed by atoms with Crippen LogP contribution in [-0.2, 0) is 9.59 Å². The number of amidine groups is 1. The Morgan fingerprint density at radius 2 is 1.71 bits per heavy atom. The van der Waals surface area contributed by atoms with E-state index < -0.39 is 12.1 Å². The summed E-state index contributed by atoms with van der Waals surface area (Å²) in [5.41, 5.74) is 2.03. The predicted octanol–water partition coefficient (Wildman–Crippen LogP) is 6.91. The highest BCUT2D eigenvalue weighted by molar-refractivity contribution is 8.18. The molecule has 0 radical (unpaired) electrons. The Morgan fingerprint density at radius 3 is 2.32 bits per heavy atom. The van der Waals surface area contributed by atoms with Gasteiger partial charge in [0, 0.05) is 11.6 Å². The second-order valence-corrected chi connectivity index (χ2v) is 8.68. The Morgan fingerprint density at radius 1 is 1.06 bits per heavy atom. The number of aromatic nitrogens is 1. The summed E-state index contributed by atoms with van der Waals surface area (Å²) < 4.78 is 31.7. The van der Waals surface area contributed by atoms with E-state index in [0.717, 1.165) is 16.5 Å². The molecule has 0 spiro atoms. The lowest BCUT2D eigenvalue weighted by Gasteiger charge is -2.08. The number of para-hydroxylation sites is 1. The smallest absolute Gasteiger partial charge is 0.475 e. The van der Waals surface area contributed by atoms with Gasteiger partial charge < -0.3 is 10.4 Å². The van der Waals surface area contributed by atoms with Crippen LogP contribution in [0.15, 0.2) is 58.6 Å². The topological polar surface area (TPSA) is 91.6 Å². The summed E-state index contributed by atoms with van der Waals surface area (Å²) in [5, 5.41) is 12.9. The zero-order valence-corrected chi connectivity index (χ0v) is 19.6. The summed E-state index contributed by atoms with van der Waals surface area (Å²) in [7, 11) is 0. The van der Waals surface area contributed by atoms with Gasteiger partial charge in [-0.25, -0.2) is 4.79 Å². The van der Waals surface area contributed by atoms with Crippen LogP contribution in [0.25, 0.3) is 17.0 Å². The lowest BCUT2D eigenvalue weighted by Crippen LogP contribution is -2.21. The maximum atomic E-state index is 12.3. The quantitative estimate of drug-likeness (QED) is 0.338. The van der Waals surface area contributed by atoms with Crippen LogP contribution in [0.2, 0.25) is 15.1 Å². The number of pyridine rings is 1. The number of anilines is 1. The molecule has 0 saturated carbocycles. The number of thioether (sulfide) groups is 1. The zero-order chi connectivity index (χ0) is 25.0. The van der Waals surface area contributed by atoms with Gasteiger partial charge in [0.05, 0.1) is 31.2 Å². The second-order valence-electron chi connectivity index (χ2n) is 6.43. The van der Waals surface area contributed by atoms with Crippen molar-refractivity contribution in [3.05, 3.63) is 74.2 Å². The van der Waals surface area contributed by atoms with E-state index in [-0.39, 0.29) is 5.91 Å². The average molecular weight is 549 g/mol. The Labute approximate surface area is 209 Å². The molecule has 13 heteroatoms. The predicted molar refractivity (Wildman–Crippen MR) is 129 cm³/mol. The van der Waals surface area contributed by atoms with Gasteiger partial charge in [-0.2, -0.15) is 18.2 Å². The van der Waals surface area contributed by atoms with E-state index in [0.29, 0.717) is 30.8 Å². The molecule has 0 aliphatic carbocycles. The second kappa shape index (κ2) is 10.6. The number of carbonyl (C=O) groups is 2. The van der Waals surface area contributed by atoms with Gasteiger partial charge in [0.1, 0.15) is 0 Å². The van der Waals surface area contributed by atoms with E-state index in [4.69, 9.17) is 44.7 Å². The SMILES string of the molecule is O=C(O)C(F)(F)F.O=C1N=C(Nc2c(Cl)cccc2Cl)S/C1=C\c1cc2cccnc2cc1Cl. The van der Waals surface area contributed by atoms with Crippen LogP contribution in [0.4, 0.5) is 18.9 Å². The number of amides is 1. The van der Waals surface area contributed by atoms with Crippen molar-refractivity contribution in [2.45, 2.75) is 6.18 Å². The molecule has 3 aromatic rings. The van der Waals surface area contributed by atoms with Gasteiger partial charge in [0.15, 0.2) is 5.17 Å². The molecule has 176 valence electrons. The van der Waals surface area contributed by atoms with E-state index >= 15 is 0 Å². The standard InChI is InChI=1S/C19H10Cl3N3OS.C2HF3O2/c20-12-4-1-5-13(21)17(12)24-19-25-18(26)16(27-19)8-11-7-10-3-2-6-23-15(10)9-14(11)22;3-2(4,5)1(6)7/h1-9H,(H,24,25,26);(H,6,7)/b16-8-;. The van der Waals surface area contributed by atoms with Crippen LogP contribution in [0.5, 0.6) is 0 Å². The number of aliphatic carboxylic acids is 1. The van der Waals surface area contributed by atoms with E-state index in [2.05, 4.69) is 15.3 Å². The van der Waals surface area contributed by atoms with Gasteiger partial charge in [-0.3, -0.25) is 9.78 Å². The molecule has 4 rings (SSSR count). The molecule has 1 aliphatic heterocycles. The molecule has 0 fully saturated rings. The normalized spacial score (nSPS) is 14.6. The number of nitrogens with zero attached hydrogens (tertiary/aromatic N) is 2. The first-order valence-electron chi connectivity index (χ1n) is 9.03. The number of carboxylic acids is 1. The van der Waals surface area contributed by atoms with Crippen LogP contribution < -0.4 is 5.32 Å². The lowest BCUT2D eigenvalue weighted by atomic mass is 10.1. The Kier molecular flexibility index (Phi) is 8.09. The van der Waals surface area contributed by atoms with Crippen molar-refractivity contribution < 1.29 is 27.9 Å². The van der Waals surface area contributed by atoms with Crippen LogP contribution in [-0.4, -0.2) is 33.3 Å². The van der Waals surface area contributed by atoms with Crippen LogP contribution >= 0.6 is 46.6 Å². The molecule has 0 bridgehead atoms. The number of hydrogen-bond donors (Lipinski definition) is 2. The van der Waals surface area contributed by atoms with Crippen LogP contribution in [0, 0.1) is 0 Å². The highest BCUT2D eigenvalue weighted by atomic mass is 35.5. The van der Waals surface area contributed by atoms with E-state index in [1.807, 2.05) is 18.2 Å². The largest absolute Gasteiger partial charge is 0.490 e. The minimum absolute atomic E-state index is 0.354. The molecule has 2 N–H and O–H groups in total. The zero-order valence-electron chi connectivity index (χ0n) is 16.5. The van der Waals surface area contributed by atoms with Crippen molar-refractivity contribution in [3.8, 4) is 0 Å². The molecular formula is C21H11Cl3F3N3O3S. The third kappa shape index (κ3) is 6.41. The number of fused-ring (bicyclic) bond motifs is 1. The minimum atomic E-state index is -5.08. The number of aliphatic imine (C=N–C) groups is 1. The number of carbonyl (C=O) groups excluding carboxylic acids is 1. The summed E-state index contributed by atoms with van der Waals surface area (Å²) in [6, 6.07) is 12.6. The Hall–Kier alpha value is -2.79. The number of hydrogen-bond acceptors (Lipinski definition) is 5. The van der Waals surface area contributed by atoms with Gasteiger partial charge >= 0.3 is 12.1 Å². The summed E-state index contributed by atoms with van der Waals surface area (Å²) >= 11 is 19.8. The molecule has 6 nitrogen and oxygen atoms in total. The van der Waals surface area contributed by atoms with Crippen LogP contribution in [0.3, 0.4) is 0 Å². The molecule has 0 atom stereocenters. The van der Waals surface area contributed by atoms with Gasteiger partial charge in [0.2, 0.25) is 0 Å². The molecule has 1 amide bonds. The fourth-order valence-electron chi connectivity index (χ4n) is 2.55. The van der Waals surface area contributed by atoms with E-state index in [1.165, 1.54) is 11.8 Å². The first kappa shape index (κ1) is 25.8. The van der Waals surface area contributed by atoms with Crippen molar-refractivity contribution in [2.24, 2.45) is 4.99 Å². The Balaban J connectivity index is 0.000000406. The van der Waals surface area contributed by atoms with Crippen LogP contribution in [0.1, 0.15) is 5.56 Å². The monoisotopic (exact) mass is 547 g/mol. The molecule has 2 aromatic carbocycles. The molecule has 2 heterocycles. The third-order valence-electron chi connectivity index (χ3n) is 4.07. The Bertz CT molecular complexity index is 1330. The highest BCUT2D eigenvalue weighted by Gasteiger charge is 2.38. The fraction of sp³-hybridized carbons (Fsp3) is 0.0476. The summed E-state index contributed by atoms with van der Waals surface area (Å²) in [4.78, 5) is 29.9. The molecular weight excluding hydrogens is 538 g/mol. The molecule has 0 saturated heterocycles. The minimum Gasteiger partial charge on any atom is -0.475 e. The maximum absolute atomic E-state index is 12.3. The molecule has 1 aliphatic rings. The average Bonchev–Trinajstić information content (AvgIpc) is 3.10.